The Bertz CT molecular complexity index is 380. The van der Waals surface area contributed by atoms with Crippen LogP contribution in [-0.4, -0.2) is 11.1 Å². The zero-order valence-electron chi connectivity index (χ0n) is 6.82. The summed E-state index contributed by atoms with van der Waals surface area (Å²) in [6.07, 6.45) is 0. The third-order valence-corrected chi connectivity index (χ3v) is 1.69. The zero-order chi connectivity index (χ0) is 9.84. The molecule has 0 fully saturated rings. The summed E-state index contributed by atoms with van der Waals surface area (Å²) in [6, 6.07) is 6.30. The quantitative estimate of drug-likeness (QED) is 0.694. The number of rotatable bonds is 2. The van der Waals surface area contributed by atoms with E-state index < -0.39 is 5.97 Å². The van der Waals surface area contributed by atoms with Gasteiger partial charge < -0.3 is 10.8 Å². The molecule has 0 bridgehead atoms. The number of nitriles is 1. The van der Waals surface area contributed by atoms with Crippen LogP contribution in [0.3, 0.4) is 0 Å². The van der Waals surface area contributed by atoms with E-state index in [0.29, 0.717) is 11.1 Å². The first kappa shape index (κ1) is 9.23. The highest BCUT2D eigenvalue weighted by molar-refractivity contribution is 5.89. The van der Waals surface area contributed by atoms with E-state index in [4.69, 9.17) is 16.1 Å². The van der Waals surface area contributed by atoms with Gasteiger partial charge in [-0.3, -0.25) is 0 Å². The second kappa shape index (κ2) is 3.70. The summed E-state index contributed by atoms with van der Waals surface area (Å²) in [4.78, 5) is 10.7. The van der Waals surface area contributed by atoms with Crippen molar-refractivity contribution in [2.75, 3.05) is 0 Å². The van der Waals surface area contributed by atoms with E-state index in [-0.39, 0.29) is 12.1 Å². The van der Waals surface area contributed by atoms with Gasteiger partial charge in [-0.2, -0.15) is 5.26 Å². The lowest BCUT2D eigenvalue weighted by Gasteiger charge is -2.02. The second-order valence-electron chi connectivity index (χ2n) is 2.49. The maximum atomic E-state index is 10.7. The van der Waals surface area contributed by atoms with Crippen molar-refractivity contribution in [1.29, 1.82) is 5.26 Å². The molecule has 0 heterocycles. The molecule has 4 nitrogen and oxygen atoms in total. The highest BCUT2D eigenvalue weighted by Gasteiger charge is 2.09. The maximum Gasteiger partial charge on any atom is 0.336 e. The Balaban J connectivity index is 3.28. The van der Waals surface area contributed by atoms with E-state index in [1.165, 1.54) is 6.07 Å². The van der Waals surface area contributed by atoms with E-state index >= 15 is 0 Å². The van der Waals surface area contributed by atoms with Crippen LogP contribution < -0.4 is 5.73 Å². The Morgan fingerprint density at radius 2 is 2.31 bits per heavy atom. The number of hydrogen-bond donors (Lipinski definition) is 2. The van der Waals surface area contributed by atoms with Gasteiger partial charge >= 0.3 is 5.97 Å². The highest BCUT2D eigenvalue weighted by atomic mass is 16.4. The summed E-state index contributed by atoms with van der Waals surface area (Å²) in [5, 5.41) is 17.3. The lowest BCUT2D eigenvalue weighted by molar-refractivity contribution is 0.0695. The fourth-order valence-corrected chi connectivity index (χ4v) is 1.02. The fraction of sp³-hybridized carbons (Fsp3) is 0.111. The predicted octanol–water partition coefficient (Wildman–Crippen LogP) is 0.715. The summed E-state index contributed by atoms with van der Waals surface area (Å²) in [5.74, 6) is -1.06. The van der Waals surface area contributed by atoms with Gasteiger partial charge in [-0.1, -0.05) is 6.07 Å². The number of carbonyl (C=O) groups is 1. The normalized spacial score (nSPS) is 9.23. The van der Waals surface area contributed by atoms with Crippen molar-refractivity contribution in [1.82, 2.24) is 0 Å². The molecule has 0 radical (unpaired) electrons. The van der Waals surface area contributed by atoms with Crippen LogP contribution in [0, 0.1) is 11.3 Å². The van der Waals surface area contributed by atoms with Gasteiger partial charge in [0.2, 0.25) is 0 Å². The van der Waals surface area contributed by atoms with Gasteiger partial charge in [0.15, 0.2) is 0 Å². The molecule has 13 heavy (non-hydrogen) atoms. The first-order chi connectivity index (χ1) is 6.19. The highest BCUT2D eigenvalue weighted by Crippen LogP contribution is 2.10. The maximum absolute atomic E-state index is 10.7. The third-order valence-electron chi connectivity index (χ3n) is 1.69. The number of nitrogens with zero attached hydrogens (tertiary/aromatic N) is 1. The van der Waals surface area contributed by atoms with E-state index in [1.807, 2.05) is 6.07 Å². The van der Waals surface area contributed by atoms with E-state index in [9.17, 15) is 4.79 Å². The largest absolute Gasteiger partial charge is 0.478 e. The van der Waals surface area contributed by atoms with Crippen LogP contribution >= 0.6 is 0 Å². The third kappa shape index (κ3) is 1.83. The molecular weight excluding hydrogens is 168 g/mol. The average molecular weight is 176 g/mol. The summed E-state index contributed by atoms with van der Waals surface area (Å²) in [6.45, 7) is 0.160. The van der Waals surface area contributed by atoms with Crippen molar-refractivity contribution in [2.24, 2.45) is 5.73 Å². The Hall–Kier alpha value is -1.86. The minimum absolute atomic E-state index is 0.0987. The minimum atomic E-state index is -1.06. The Morgan fingerprint density at radius 3 is 2.77 bits per heavy atom. The van der Waals surface area contributed by atoms with Gasteiger partial charge in [0.05, 0.1) is 17.2 Å². The molecule has 0 atom stereocenters. The Morgan fingerprint density at radius 1 is 1.62 bits per heavy atom. The van der Waals surface area contributed by atoms with Crippen LogP contribution in [0.4, 0.5) is 0 Å². The topological polar surface area (TPSA) is 87.1 Å². The molecule has 0 saturated heterocycles. The van der Waals surface area contributed by atoms with Crippen molar-refractivity contribution in [2.45, 2.75) is 6.54 Å². The first-order valence-corrected chi connectivity index (χ1v) is 3.65. The lowest BCUT2D eigenvalue weighted by atomic mass is 10.0. The Labute approximate surface area is 75.2 Å². The number of benzene rings is 1. The average Bonchev–Trinajstić information content (AvgIpc) is 2.16. The number of carboxylic acids is 1. The van der Waals surface area contributed by atoms with Crippen LogP contribution in [0.5, 0.6) is 0 Å². The van der Waals surface area contributed by atoms with E-state index in [0.717, 1.165) is 0 Å². The van der Waals surface area contributed by atoms with Crippen LogP contribution in [0.2, 0.25) is 0 Å². The molecule has 0 aliphatic carbocycles. The van der Waals surface area contributed by atoms with Crippen LogP contribution in [0.15, 0.2) is 18.2 Å². The molecule has 3 N–H and O–H groups in total. The molecule has 1 rings (SSSR count). The first-order valence-electron chi connectivity index (χ1n) is 3.65. The van der Waals surface area contributed by atoms with Crippen molar-refractivity contribution < 1.29 is 9.90 Å². The van der Waals surface area contributed by atoms with Crippen LogP contribution in [-0.2, 0) is 6.54 Å². The van der Waals surface area contributed by atoms with Gasteiger partial charge in [0, 0.05) is 6.54 Å². The summed E-state index contributed by atoms with van der Waals surface area (Å²) in [7, 11) is 0. The number of hydrogen-bond acceptors (Lipinski definition) is 3. The van der Waals surface area contributed by atoms with Crippen molar-refractivity contribution in [3.63, 3.8) is 0 Å². The predicted molar refractivity (Wildman–Crippen MR) is 46.0 cm³/mol. The second-order valence-corrected chi connectivity index (χ2v) is 2.49. The zero-order valence-corrected chi connectivity index (χ0v) is 6.82. The van der Waals surface area contributed by atoms with Gasteiger partial charge in [-0.25, -0.2) is 4.79 Å². The Kier molecular flexibility index (Phi) is 2.62. The van der Waals surface area contributed by atoms with Crippen LogP contribution in [0.25, 0.3) is 0 Å². The molecule has 4 heteroatoms. The molecule has 66 valence electrons. The van der Waals surface area contributed by atoms with Gasteiger partial charge in [0.25, 0.3) is 0 Å². The number of nitrogens with two attached hydrogens (primary N) is 1. The SMILES string of the molecule is N#Cc1ccc(CN)c(C(=O)O)c1. The molecule has 0 unspecified atom stereocenters. The molecule has 0 saturated carbocycles. The summed E-state index contributed by atoms with van der Waals surface area (Å²) in [5.41, 5.74) is 6.29. The summed E-state index contributed by atoms with van der Waals surface area (Å²) >= 11 is 0. The molecule has 0 amide bonds. The van der Waals surface area contributed by atoms with Gasteiger partial charge in [0.1, 0.15) is 0 Å². The van der Waals surface area contributed by atoms with Crippen LogP contribution in [0.1, 0.15) is 21.5 Å². The molecule has 0 aliphatic heterocycles. The molecular formula is C9H8N2O2. The standard InChI is InChI=1S/C9H8N2O2/c10-4-6-1-2-7(5-11)8(3-6)9(12)13/h1-3H,5,11H2,(H,12,13). The monoisotopic (exact) mass is 176 g/mol. The smallest absolute Gasteiger partial charge is 0.336 e. The van der Waals surface area contributed by atoms with E-state index in [2.05, 4.69) is 0 Å². The molecule has 1 aromatic carbocycles. The molecule has 0 aromatic heterocycles. The van der Waals surface area contributed by atoms with Crippen molar-refractivity contribution in [3.05, 3.63) is 34.9 Å². The van der Waals surface area contributed by atoms with Crippen molar-refractivity contribution >= 4 is 5.97 Å². The van der Waals surface area contributed by atoms with E-state index in [1.54, 1.807) is 12.1 Å². The molecule has 0 spiro atoms. The number of carboxylic acid groups (broad SMARTS) is 1. The van der Waals surface area contributed by atoms with Gasteiger partial charge in [-0.05, 0) is 17.7 Å². The fourth-order valence-electron chi connectivity index (χ4n) is 1.02. The van der Waals surface area contributed by atoms with Gasteiger partial charge in [-0.15, -0.1) is 0 Å². The molecule has 1 aromatic rings. The molecule has 0 aliphatic rings. The number of aromatic carboxylic acids is 1. The summed E-state index contributed by atoms with van der Waals surface area (Å²) < 4.78 is 0. The minimum Gasteiger partial charge on any atom is -0.478 e. The lowest BCUT2D eigenvalue weighted by Crippen LogP contribution is -2.07. The van der Waals surface area contributed by atoms with Crippen molar-refractivity contribution in [3.8, 4) is 6.07 Å².